The van der Waals surface area contributed by atoms with Crippen molar-refractivity contribution in [3.8, 4) is 5.75 Å². The molecule has 0 aromatic heterocycles. The quantitative estimate of drug-likeness (QED) is 0.871. The molecule has 0 atom stereocenters. The van der Waals surface area contributed by atoms with Crippen molar-refractivity contribution < 1.29 is 17.9 Å². The number of rotatable bonds is 5. The van der Waals surface area contributed by atoms with Crippen LogP contribution in [0.4, 0.5) is 5.69 Å². The Morgan fingerprint density at radius 3 is 2.35 bits per heavy atom. The van der Waals surface area contributed by atoms with Crippen molar-refractivity contribution >= 4 is 44.6 Å². The molecule has 0 bridgehead atoms. The number of carbonyl (C=O) groups excluding carboxylic acids is 1. The Bertz CT molecular complexity index is 817. The van der Waals surface area contributed by atoms with Gasteiger partial charge in [0.25, 0.3) is 5.91 Å². The third kappa shape index (κ3) is 4.86. The van der Waals surface area contributed by atoms with Crippen molar-refractivity contribution in [3.05, 3.63) is 52.5 Å². The maximum absolute atomic E-state index is 11.9. The molecule has 0 radical (unpaired) electrons. The van der Waals surface area contributed by atoms with Gasteiger partial charge in [-0.3, -0.25) is 4.79 Å². The summed E-state index contributed by atoms with van der Waals surface area (Å²) in [6.07, 6.45) is 1.09. The van der Waals surface area contributed by atoms with Crippen LogP contribution in [0, 0.1) is 0 Å². The number of benzene rings is 2. The van der Waals surface area contributed by atoms with Crippen LogP contribution in [0.15, 0.2) is 47.4 Å². The van der Waals surface area contributed by atoms with Crippen molar-refractivity contribution in [2.45, 2.75) is 4.90 Å². The van der Waals surface area contributed by atoms with Crippen LogP contribution < -0.4 is 10.1 Å². The van der Waals surface area contributed by atoms with Crippen LogP contribution in [0.5, 0.6) is 5.75 Å². The van der Waals surface area contributed by atoms with E-state index in [-0.39, 0.29) is 17.3 Å². The molecule has 122 valence electrons. The van der Waals surface area contributed by atoms with Crippen LogP contribution in [0.1, 0.15) is 0 Å². The summed E-state index contributed by atoms with van der Waals surface area (Å²) >= 11 is 11.9. The molecular formula is C15H13Cl2NO4S. The second-order valence-electron chi connectivity index (χ2n) is 4.69. The summed E-state index contributed by atoms with van der Waals surface area (Å²) in [5.74, 6) is -0.248. The molecule has 0 saturated heterocycles. The van der Waals surface area contributed by atoms with Gasteiger partial charge in [0.1, 0.15) is 0 Å². The Hall–Kier alpha value is -1.76. The minimum absolute atomic E-state index is 0.116. The molecule has 0 fully saturated rings. The maximum atomic E-state index is 11.9. The Morgan fingerprint density at radius 2 is 1.74 bits per heavy atom. The molecule has 5 nitrogen and oxygen atoms in total. The first kappa shape index (κ1) is 17.6. The Morgan fingerprint density at radius 1 is 1.13 bits per heavy atom. The summed E-state index contributed by atoms with van der Waals surface area (Å²) in [5.41, 5.74) is 0.354. The van der Waals surface area contributed by atoms with Crippen LogP contribution >= 0.6 is 23.2 Å². The van der Waals surface area contributed by atoms with E-state index in [2.05, 4.69) is 5.32 Å². The van der Waals surface area contributed by atoms with Crippen molar-refractivity contribution in [3.63, 3.8) is 0 Å². The molecule has 0 heterocycles. The van der Waals surface area contributed by atoms with Gasteiger partial charge in [0, 0.05) is 11.9 Å². The fourth-order valence-corrected chi connectivity index (χ4v) is 2.93. The molecule has 0 aliphatic rings. The topological polar surface area (TPSA) is 72.5 Å². The monoisotopic (exact) mass is 373 g/mol. The average Bonchev–Trinajstić information content (AvgIpc) is 2.46. The van der Waals surface area contributed by atoms with E-state index in [1.54, 1.807) is 24.3 Å². The van der Waals surface area contributed by atoms with Gasteiger partial charge in [0.05, 0.1) is 14.9 Å². The normalized spacial score (nSPS) is 11.1. The second-order valence-corrected chi connectivity index (χ2v) is 7.52. The number of amides is 1. The number of sulfone groups is 1. The number of carbonyl (C=O) groups is 1. The molecule has 1 amide bonds. The highest BCUT2D eigenvalue weighted by Crippen LogP contribution is 2.32. The van der Waals surface area contributed by atoms with Crippen LogP contribution in [-0.4, -0.2) is 27.2 Å². The molecule has 0 saturated carbocycles. The first-order chi connectivity index (χ1) is 10.8. The zero-order valence-electron chi connectivity index (χ0n) is 12.0. The highest BCUT2D eigenvalue weighted by molar-refractivity contribution is 7.90. The van der Waals surface area contributed by atoms with E-state index >= 15 is 0 Å². The lowest BCUT2D eigenvalue weighted by molar-refractivity contribution is -0.118. The van der Waals surface area contributed by atoms with Gasteiger partial charge in [0.2, 0.25) is 0 Å². The van der Waals surface area contributed by atoms with Gasteiger partial charge < -0.3 is 10.1 Å². The van der Waals surface area contributed by atoms with Crippen molar-refractivity contribution in [1.29, 1.82) is 0 Å². The van der Waals surface area contributed by atoms with Crippen molar-refractivity contribution in [1.82, 2.24) is 0 Å². The molecule has 2 rings (SSSR count). The van der Waals surface area contributed by atoms with E-state index < -0.39 is 15.7 Å². The number of hydrogen-bond donors (Lipinski definition) is 1. The van der Waals surface area contributed by atoms with E-state index in [0.29, 0.717) is 15.7 Å². The summed E-state index contributed by atoms with van der Waals surface area (Å²) in [6.45, 7) is -0.313. The number of para-hydroxylation sites is 1. The summed E-state index contributed by atoms with van der Waals surface area (Å²) in [4.78, 5) is 12.0. The predicted molar refractivity (Wildman–Crippen MR) is 90.1 cm³/mol. The number of ether oxygens (including phenoxy) is 1. The fraction of sp³-hybridized carbons (Fsp3) is 0.133. The van der Waals surface area contributed by atoms with Crippen LogP contribution in [0.3, 0.4) is 0 Å². The van der Waals surface area contributed by atoms with E-state index in [4.69, 9.17) is 27.9 Å². The van der Waals surface area contributed by atoms with E-state index in [1.807, 2.05) is 0 Å². The third-order valence-electron chi connectivity index (χ3n) is 2.81. The summed E-state index contributed by atoms with van der Waals surface area (Å²) in [7, 11) is -3.35. The molecule has 23 heavy (non-hydrogen) atoms. The molecule has 1 N–H and O–H groups in total. The van der Waals surface area contributed by atoms with Gasteiger partial charge in [0.15, 0.2) is 22.2 Å². The largest absolute Gasteiger partial charge is 0.481 e. The molecule has 2 aromatic rings. The van der Waals surface area contributed by atoms with Crippen molar-refractivity contribution in [2.24, 2.45) is 0 Å². The van der Waals surface area contributed by atoms with Crippen LogP contribution in [-0.2, 0) is 14.6 Å². The molecule has 0 aliphatic carbocycles. The van der Waals surface area contributed by atoms with Crippen LogP contribution in [0.25, 0.3) is 0 Å². The molecular weight excluding hydrogens is 361 g/mol. The standard InChI is InChI=1S/C15H13Cl2NO4S/c1-23(20,21)11-5-2-4-10(8-11)18-14(19)9-22-15-12(16)6-3-7-13(15)17/h2-8H,9H2,1H3,(H,18,19). The molecule has 0 spiro atoms. The van der Waals surface area contributed by atoms with Gasteiger partial charge >= 0.3 is 0 Å². The van der Waals surface area contributed by atoms with E-state index in [9.17, 15) is 13.2 Å². The third-order valence-corrected chi connectivity index (χ3v) is 4.52. The van der Waals surface area contributed by atoms with Crippen LogP contribution in [0.2, 0.25) is 10.0 Å². The lowest BCUT2D eigenvalue weighted by Gasteiger charge is -2.10. The highest BCUT2D eigenvalue weighted by atomic mass is 35.5. The maximum Gasteiger partial charge on any atom is 0.262 e. The Labute approximate surface area is 144 Å². The smallest absolute Gasteiger partial charge is 0.262 e. The zero-order chi connectivity index (χ0) is 17.0. The number of anilines is 1. The first-order valence-electron chi connectivity index (χ1n) is 6.44. The second kappa shape index (κ2) is 7.21. The lowest BCUT2D eigenvalue weighted by Crippen LogP contribution is -2.20. The fourth-order valence-electron chi connectivity index (χ4n) is 1.76. The van der Waals surface area contributed by atoms with Gasteiger partial charge in [-0.25, -0.2) is 8.42 Å². The molecule has 8 heteroatoms. The molecule has 0 unspecified atom stereocenters. The Balaban J connectivity index is 2.03. The van der Waals surface area contributed by atoms with Gasteiger partial charge in [-0.1, -0.05) is 35.3 Å². The van der Waals surface area contributed by atoms with Gasteiger partial charge in [-0.15, -0.1) is 0 Å². The van der Waals surface area contributed by atoms with Gasteiger partial charge in [-0.05, 0) is 30.3 Å². The summed E-state index contributed by atoms with van der Waals surface area (Å²) in [6, 6.07) is 10.8. The van der Waals surface area contributed by atoms with Crippen molar-refractivity contribution in [2.75, 3.05) is 18.2 Å². The van der Waals surface area contributed by atoms with Gasteiger partial charge in [-0.2, -0.15) is 0 Å². The summed E-state index contributed by atoms with van der Waals surface area (Å²) < 4.78 is 28.3. The molecule has 2 aromatic carbocycles. The lowest BCUT2D eigenvalue weighted by atomic mass is 10.3. The summed E-state index contributed by atoms with van der Waals surface area (Å²) in [5, 5.41) is 3.14. The molecule has 0 aliphatic heterocycles. The van der Waals surface area contributed by atoms with E-state index in [1.165, 1.54) is 18.2 Å². The highest BCUT2D eigenvalue weighted by Gasteiger charge is 2.11. The number of halogens is 2. The zero-order valence-corrected chi connectivity index (χ0v) is 14.4. The minimum atomic E-state index is -3.35. The Kier molecular flexibility index (Phi) is 5.51. The SMILES string of the molecule is CS(=O)(=O)c1cccc(NC(=O)COc2c(Cl)cccc2Cl)c1. The van der Waals surface area contributed by atoms with E-state index in [0.717, 1.165) is 6.26 Å². The first-order valence-corrected chi connectivity index (χ1v) is 9.09. The number of hydrogen-bond acceptors (Lipinski definition) is 4. The number of nitrogens with one attached hydrogen (secondary N) is 1. The predicted octanol–water partition coefficient (Wildman–Crippen LogP) is 3.41. The average molecular weight is 374 g/mol. The minimum Gasteiger partial charge on any atom is -0.481 e.